The number of methoxy groups -OCH3 is 1. The molecule has 4 aromatic rings. The van der Waals surface area contributed by atoms with Crippen molar-refractivity contribution in [1.82, 2.24) is 14.1 Å². The third-order valence-electron chi connectivity index (χ3n) is 5.41. The summed E-state index contributed by atoms with van der Waals surface area (Å²) in [6, 6.07) is 17.4. The van der Waals surface area contributed by atoms with Crippen LogP contribution in [-0.2, 0) is 22.6 Å². The van der Waals surface area contributed by atoms with Crippen LogP contribution in [0.3, 0.4) is 0 Å². The number of carbonyl (C=O) groups excluding carboxylic acids is 1. The summed E-state index contributed by atoms with van der Waals surface area (Å²) >= 11 is 0. The van der Waals surface area contributed by atoms with E-state index >= 15 is 0 Å². The topological polar surface area (TPSA) is 78.2 Å². The van der Waals surface area contributed by atoms with Gasteiger partial charge in [-0.2, -0.15) is 0 Å². The van der Waals surface area contributed by atoms with E-state index in [-0.39, 0.29) is 18.0 Å². The fraction of sp³-hybridized carbons (Fsp3) is 0.240. The molecule has 0 spiro atoms. The maximum atomic E-state index is 13.3. The lowest BCUT2D eigenvalue weighted by Gasteiger charge is -2.10. The SMILES string of the molecule is COCCCn1cnc2c(-c3ccccc3)cn(CC(=O)Nc3ccccc3C)c2c1=O. The molecule has 2 aromatic carbocycles. The summed E-state index contributed by atoms with van der Waals surface area (Å²) in [4.78, 5) is 30.8. The van der Waals surface area contributed by atoms with Crippen molar-refractivity contribution >= 4 is 22.6 Å². The first kappa shape index (κ1) is 21.5. The zero-order valence-corrected chi connectivity index (χ0v) is 18.2. The Kier molecular flexibility index (Phi) is 6.47. The maximum absolute atomic E-state index is 13.3. The molecule has 1 N–H and O–H groups in total. The van der Waals surface area contributed by atoms with E-state index in [1.165, 1.54) is 0 Å². The number of benzene rings is 2. The van der Waals surface area contributed by atoms with Gasteiger partial charge in [0.1, 0.15) is 17.6 Å². The molecular formula is C25H26N4O3. The van der Waals surface area contributed by atoms with Gasteiger partial charge in [0.2, 0.25) is 5.91 Å². The zero-order valence-electron chi connectivity index (χ0n) is 18.2. The molecule has 7 nitrogen and oxygen atoms in total. The molecule has 0 fully saturated rings. The van der Waals surface area contributed by atoms with Crippen molar-refractivity contribution in [2.45, 2.75) is 26.4 Å². The first-order valence-corrected chi connectivity index (χ1v) is 10.6. The molecule has 0 aliphatic heterocycles. The molecular weight excluding hydrogens is 404 g/mol. The van der Waals surface area contributed by atoms with Crippen LogP contribution in [0.4, 0.5) is 5.69 Å². The monoisotopic (exact) mass is 430 g/mol. The van der Waals surface area contributed by atoms with E-state index in [1.807, 2.05) is 67.7 Å². The molecule has 0 saturated carbocycles. The highest BCUT2D eigenvalue weighted by Gasteiger charge is 2.18. The second-order valence-corrected chi connectivity index (χ2v) is 7.69. The second kappa shape index (κ2) is 9.62. The lowest BCUT2D eigenvalue weighted by atomic mass is 10.1. The van der Waals surface area contributed by atoms with Crippen molar-refractivity contribution in [3.05, 3.63) is 83.0 Å². The highest BCUT2D eigenvalue weighted by molar-refractivity contribution is 5.95. The number of hydrogen-bond acceptors (Lipinski definition) is 4. The smallest absolute Gasteiger partial charge is 0.277 e. The van der Waals surface area contributed by atoms with Crippen LogP contribution < -0.4 is 10.9 Å². The fourth-order valence-electron chi connectivity index (χ4n) is 3.77. The molecule has 0 radical (unpaired) electrons. The van der Waals surface area contributed by atoms with E-state index in [0.717, 1.165) is 22.4 Å². The number of nitrogens with one attached hydrogen (secondary N) is 1. The molecule has 0 aliphatic carbocycles. The average molecular weight is 431 g/mol. The van der Waals surface area contributed by atoms with E-state index < -0.39 is 0 Å². The number of hydrogen-bond donors (Lipinski definition) is 1. The first-order valence-electron chi connectivity index (χ1n) is 10.6. The number of fused-ring (bicyclic) bond motifs is 1. The largest absolute Gasteiger partial charge is 0.385 e. The van der Waals surface area contributed by atoms with E-state index in [1.54, 1.807) is 22.6 Å². The third-order valence-corrected chi connectivity index (χ3v) is 5.41. The van der Waals surface area contributed by atoms with Gasteiger partial charge in [-0.15, -0.1) is 0 Å². The van der Waals surface area contributed by atoms with Gasteiger partial charge in [0.05, 0.1) is 6.33 Å². The van der Waals surface area contributed by atoms with E-state index in [0.29, 0.717) is 30.6 Å². The van der Waals surface area contributed by atoms with Crippen molar-refractivity contribution in [1.29, 1.82) is 0 Å². The fourth-order valence-corrected chi connectivity index (χ4v) is 3.77. The highest BCUT2D eigenvalue weighted by Crippen LogP contribution is 2.27. The third kappa shape index (κ3) is 4.48. The molecule has 32 heavy (non-hydrogen) atoms. The Balaban J connectivity index is 1.74. The summed E-state index contributed by atoms with van der Waals surface area (Å²) < 4.78 is 8.38. The second-order valence-electron chi connectivity index (χ2n) is 7.69. The highest BCUT2D eigenvalue weighted by atomic mass is 16.5. The molecule has 0 atom stereocenters. The molecule has 0 bridgehead atoms. The standard InChI is InChI=1S/C25H26N4O3/c1-18-9-6-7-12-21(18)27-22(30)16-29-15-20(19-10-4-3-5-11-19)23-24(29)25(31)28(17-26-23)13-8-14-32-2/h3-7,9-12,15,17H,8,13-14,16H2,1-2H3,(H,27,30). The quantitative estimate of drug-likeness (QED) is 0.431. The van der Waals surface area contributed by atoms with E-state index in [9.17, 15) is 9.59 Å². The average Bonchev–Trinajstić information content (AvgIpc) is 3.16. The minimum Gasteiger partial charge on any atom is -0.385 e. The molecule has 164 valence electrons. The summed E-state index contributed by atoms with van der Waals surface area (Å²) in [7, 11) is 1.63. The van der Waals surface area contributed by atoms with Crippen molar-refractivity contribution in [3.8, 4) is 11.1 Å². The van der Waals surface area contributed by atoms with Gasteiger partial charge in [0.15, 0.2) is 0 Å². The lowest BCUT2D eigenvalue weighted by molar-refractivity contribution is -0.116. The Morgan fingerprint density at radius 3 is 2.56 bits per heavy atom. The number of amides is 1. The maximum Gasteiger partial charge on any atom is 0.277 e. The van der Waals surface area contributed by atoms with Gasteiger partial charge in [0.25, 0.3) is 5.56 Å². The number of aromatic nitrogens is 3. The summed E-state index contributed by atoms with van der Waals surface area (Å²) in [6.07, 6.45) is 4.11. The van der Waals surface area contributed by atoms with Gasteiger partial charge in [-0.3, -0.25) is 14.2 Å². The molecule has 0 saturated heterocycles. The van der Waals surface area contributed by atoms with Crippen LogP contribution in [0.25, 0.3) is 22.2 Å². The van der Waals surface area contributed by atoms with Gasteiger partial charge in [0, 0.05) is 37.7 Å². The molecule has 1 amide bonds. The zero-order chi connectivity index (χ0) is 22.5. The van der Waals surface area contributed by atoms with Crippen LogP contribution in [0.15, 0.2) is 71.9 Å². The van der Waals surface area contributed by atoms with Crippen molar-refractivity contribution in [3.63, 3.8) is 0 Å². The van der Waals surface area contributed by atoms with E-state index in [2.05, 4.69) is 10.3 Å². The van der Waals surface area contributed by atoms with Crippen LogP contribution >= 0.6 is 0 Å². The number of anilines is 1. The predicted molar refractivity (Wildman–Crippen MR) is 126 cm³/mol. The number of carbonyl (C=O) groups is 1. The van der Waals surface area contributed by atoms with Gasteiger partial charge < -0.3 is 14.6 Å². The van der Waals surface area contributed by atoms with Crippen LogP contribution in [0, 0.1) is 6.92 Å². The summed E-state index contributed by atoms with van der Waals surface area (Å²) in [5, 5.41) is 2.94. The first-order chi connectivity index (χ1) is 15.6. The molecule has 7 heteroatoms. The molecule has 4 rings (SSSR count). The Morgan fingerprint density at radius 2 is 1.81 bits per heavy atom. The van der Waals surface area contributed by atoms with Crippen LogP contribution in [0.1, 0.15) is 12.0 Å². The van der Waals surface area contributed by atoms with Gasteiger partial charge in [-0.05, 0) is 30.5 Å². The Labute approximate surface area is 186 Å². The van der Waals surface area contributed by atoms with Gasteiger partial charge >= 0.3 is 0 Å². The summed E-state index contributed by atoms with van der Waals surface area (Å²) in [5.74, 6) is -0.204. The van der Waals surface area contributed by atoms with Gasteiger partial charge in [-0.1, -0.05) is 48.5 Å². The molecule has 2 heterocycles. The number of ether oxygens (including phenoxy) is 1. The summed E-state index contributed by atoms with van der Waals surface area (Å²) in [6.45, 7) is 3.00. The van der Waals surface area contributed by atoms with Crippen molar-refractivity contribution < 1.29 is 9.53 Å². The lowest BCUT2D eigenvalue weighted by Crippen LogP contribution is -2.25. The molecule has 0 unspecified atom stereocenters. The van der Waals surface area contributed by atoms with Crippen LogP contribution in [0.5, 0.6) is 0 Å². The number of para-hydroxylation sites is 1. The molecule has 2 aromatic heterocycles. The normalized spacial score (nSPS) is 11.1. The Bertz CT molecular complexity index is 1290. The predicted octanol–water partition coefficient (Wildman–Crippen LogP) is 3.85. The van der Waals surface area contributed by atoms with Crippen molar-refractivity contribution in [2.75, 3.05) is 19.0 Å². The minimum atomic E-state index is -0.204. The summed E-state index contributed by atoms with van der Waals surface area (Å²) in [5.41, 5.74) is 4.34. The number of rotatable bonds is 8. The van der Waals surface area contributed by atoms with Gasteiger partial charge in [-0.25, -0.2) is 4.98 Å². The number of nitrogens with zero attached hydrogens (tertiary/aromatic N) is 3. The Hall–Kier alpha value is -3.71. The Morgan fingerprint density at radius 1 is 1.06 bits per heavy atom. The van der Waals surface area contributed by atoms with Crippen LogP contribution in [0.2, 0.25) is 0 Å². The minimum absolute atomic E-state index is 0.0106. The van der Waals surface area contributed by atoms with E-state index in [4.69, 9.17) is 4.74 Å². The van der Waals surface area contributed by atoms with Crippen molar-refractivity contribution in [2.24, 2.45) is 0 Å². The number of aryl methyl sites for hydroxylation is 2. The van der Waals surface area contributed by atoms with Crippen LogP contribution in [-0.4, -0.2) is 33.7 Å². The molecule has 0 aliphatic rings.